The highest BCUT2D eigenvalue weighted by Crippen LogP contribution is 2.65. The van der Waals surface area contributed by atoms with Crippen molar-refractivity contribution in [2.75, 3.05) is 19.8 Å². The topological polar surface area (TPSA) is 56.8 Å². The minimum Gasteiger partial charge on any atom is -0.445 e. The molecule has 1 spiro atoms. The van der Waals surface area contributed by atoms with Crippen molar-refractivity contribution in [2.24, 2.45) is 23.2 Å². The van der Waals surface area contributed by atoms with Gasteiger partial charge in [-0.2, -0.15) is 0 Å². The van der Waals surface area contributed by atoms with Gasteiger partial charge in [-0.05, 0) is 49.0 Å². The zero-order valence-corrected chi connectivity index (χ0v) is 15.1. The lowest BCUT2D eigenvalue weighted by molar-refractivity contribution is -0.302. The van der Waals surface area contributed by atoms with Gasteiger partial charge in [-0.25, -0.2) is 4.79 Å². The van der Waals surface area contributed by atoms with Crippen molar-refractivity contribution < 1.29 is 19.0 Å². The quantitative estimate of drug-likeness (QED) is 0.896. The van der Waals surface area contributed by atoms with E-state index in [-0.39, 0.29) is 17.3 Å². The van der Waals surface area contributed by atoms with Gasteiger partial charge in [-0.15, -0.1) is 0 Å². The first kappa shape index (κ1) is 16.6. The minimum absolute atomic E-state index is 0.197. The molecule has 140 valence electrons. The summed E-state index contributed by atoms with van der Waals surface area (Å²) in [7, 11) is 0. The molecule has 5 nitrogen and oxygen atoms in total. The van der Waals surface area contributed by atoms with Gasteiger partial charge in [0.25, 0.3) is 0 Å². The lowest BCUT2D eigenvalue weighted by Gasteiger charge is -2.63. The van der Waals surface area contributed by atoms with Crippen LogP contribution in [-0.2, 0) is 20.8 Å². The summed E-state index contributed by atoms with van der Waals surface area (Å²) in [6.07, 6.45) is 5.54. The fraction of sp³-hybridized carbons (Fsp3) is 0.667. The van der Waals surface area contributed by atoms with Gasteiger partial charge in [-0.3, -0.25) is 0 Å². The molecule has 4 saturated carbocycles. The summed E-state index contributed by atoms with van der Waals surface area (Å²) in [6.45, 7) is 2.49. The number of alkyl carbamates (subject to hydrolysis) is 1. The highest BCUT2D eigenvalue weighted by Gasteiger charge is 2.64. The van der Waals surface area contributed by atoms with Crippen LogP contribution in [0.1, 0.15) is 37.7 Å². The second kappa shape index (κ2) is 6.24. The first-order chi connectivity index (χ1) is 12.7. The van der Waals surface area contributed by atoms with Crippen molar-refractivity contribution in [1.82, 2.24) is 5.32 Å². The molecule has 4 aliphatic carbocycles. The van der Waals surface area contributed by atoms with E-state index in [0.29, 0.717) is 25.0 Å². The molecule has 1 unspecified atom stereocenters. The molecule has 1 N–H and O–H groups in total. The average Bonchev–Trinajstić information content (AvgIpc) is 3.14. The van der Waals surface area contributed by atoms with Crippen LogP contribution >= 0.6 is 0 Å². The molecule has 1 aromatic carbocycles. The molecular formula is C21H27NO4. The van der Waals surface area contributed by atoms with Gasteiger partial charge < -0.3 is 19.5 Å². The predicted octanol–water partition coefficient (Wildman–Crippen LogP) is 3.48. The van der Waals surface area contributed by atoms with Crippen molar-refractivity contribution >= 4 is 6.09 Å². The van der Waals surface area contributed by atoms with E-state index in [4.69, 9.17) is 14.2 Å². The molecule has 1 aliphatic heterocycles. The third kappa shape index (κ3) is 2.72. The number of hydrogen-bond acceptors (Lipinski definition) is 4. The molecule has 5 heteroatoms. The van der Waals surface area contributed by atoms with E-state index >= 15 is 0 Å². The predicted molar refractivity (Wildman–Crippen MR) is 95.3 cm³/mol. The lowest BCUT2D eigenvalue weighted by atomic mass is 9.47. The third-order valence-corrected chi connectivity index (χ3v) is 7.01. The van der Waals surface area contributed by atoms with Crippen LogP contribution in [0.5, 0.6) is 0 Å². The van der Waals surface area contributed by atoms with Crippen molar-refractivity contribution in [3.63, 3.8) is 0 Å². The van der Waals surface area contributed by atoms with Crippen LogP contribution in [0.15, 0.2) is 30.3 Å². The molecule has 1 heterocycles. The SMILES string of the molecule is O=C(NC[C@]12CC3C[C@H](C1)C1(OCCO1)[C@@H](C3)C2)OCc1ccccc1. The van der Waals surface area contributed by atoms with E-state index in [1.165, 1.54) is 19.3 Å². The summed E-state index contributed by atoms with van der Waals surface area (Å²) in [5, 5.41) is 3.05. The van der Waals surface area contributed by atoms with Crippen LogP contribution in [-0.4, -0.2) is 31.6 Å². The molecule has 0 radical (unpaired) electrons. The Morgan fingerprint density at radius 3 is 2.46 bits per heavy atom. The van der Waals surface area contributed by atoms with E-state index < -0.39 is 0 Å². The molecule has 4 bridgehead atoms. The molecule has 4 atom stereocenters. The standard InChI is InChI=1S/C21H27NO4/c23-19(24-13-15-4-2-1-3-5-15)22-14-20-10-16-8-17(11-20)21(18(9-16)12-20)25-6-7-26-21/h1-5,16-18H,6-14H2,(H,22,23)/t16?,17-,18+,20-. The van der Waals surface area contributed by atoms with E-state index in [1.807, 2.05) is 30.3 Å². The highest BCUT2D eigenvalue weighted by molar-refractivity contribution is 5.67. The van der Waals surface area contributed by atoms with E-state index in [0.717, 1.165) is 37.5 Å². The fourth-order valence-corrected chi connectivity index (χ4v) is 6.25. The lowest BCUT2D eigenvalue weighted by Crippen LogP contribution is -2.63. The molecule has 5 aliphatic rings. The second-order valence-electron chi connectivity index (χ2n) is 8.68. The Morgan fingerprint density at radius 2 is 1.77 bits per heavy atom. The number of carbonyl (C=O) groups excluding carboxylic acids is 1. The molecule has 1 aromatic rings. The average molecular weight is 357 g/mol. The van der Waals surface area contributed by atoms with E-state index in [1.54, 1.807) is 0 Å². The monoisotopic (exact) mass is 357 g/mol. The number of nitrogens with one attached hydrogen (secondary N) is 1. The first-order valence-electron chi connectivity index (χ1n) is 9.90. The van der Waals surface area contributed by atoms with Gasteiger partial charge in [0.05, 0.1) is 13.2 Å². The van der Waals surface area contributed by atoms with E-state index in [9.17, 15) is 4.79 Å². The van der Waals surface area contributed by atoms with Crippen LogP contribution in [0.25, 0.3) is 0 Å². The van der Waals surface area contributed by atoms with Crippen molar-refractivity contribution in [1.29, 1.82) is 0 Å². The van der Waals surface area contributed by atoms with Gasteiger partial charge in [0, 0.05) is 18.4 Å². The first-order valence-corrected chi connectivity index (χ1v) is 9.90. The molecule has 1 saturated heterocycles. The van der Waals surface area contributed by atoms with E-state index in [2.05, 4.69) is 5.32 Å². The molecule has 6 rings (SSSR count). The molecule has 1 amide bonds. The smallest absolute Gasteiger partial charge is 0.407 e. The van der Waals surface area contributed by atoms with Crippen LogP contribution in [0.2, 0.25) is 0 Å². The normalized spacial score (nSPS) is 36.4. The molecule has 0 aromatic heterocycles. The largest absolute Gasteiger partial charge is 0.445 e. The zero-order chi connectivity index (χ0) is 17.6. The zero-order valence-electron chi connectivity index (χ0n) is 15.1. The summed E-state index contributed by atoms with van der Waals surface area (Å²) in [4.78, 5) is 12.2. The fourth-order valence-electron chi connectivity index (χ4n) is 6.25. The maximum atomic E-state index is 12.2. The van der Waals surface area contributed by atoms with Crippen molar-refractivity contribution in [2.45, 2.75) is 44.5 Å². The van der Waals surface area contributed by atoms with Gasteiger partial charge >= 0.3 is 6.09 Å². The van der Waals surface area contributed by atoms with Gasteiger partial charge in [-0.1, -0.05) is 30.3 Å². The number of hydrogen-bond donors (Lipinski definition) is 1. The maximum Gasteiger partial charge on any atom is 0.407 e. The minimum atomic E-state index is -0.312. The second-order valence-corrected chi connectivity index (χ2v) is 8.68. The van der Waals surface area contributed by atoms with Crippen LogP contribution in [0, 0.1) is 23.2 Å². The summed E-state index contributed by atoms with van der Waals surface area (Å²) in [5.74, 6) is 1.42. The summed E-state index contributed by atoms with van der Waals surface area (Å²) in [6, 6.07) is 9.80. The summed E-state index contributed by atoms with van der Waals surface area (Å²) in [5.41, 5.74) is 1.21. The number of amides is 1. The Balaban J connectivity index is 1.19. The Bertz CT molecular complexity index is 652. The van der Waals surface area contributed by atoms with Gasteiger partial charge in [0.2, 0.25) is 0 Å². The Morgan fingerprint density at radius 1 is 1.08 bits per heavy atom. The summed E-state index contributed by atoms with van der Waals surface area (Å²) < 4.78 is 17.7. The molecular weight excluding hydrogens is 330 g/mol. The van der Waals surface area contributed by atoms with Crippen LogP contribution < -0.4 is 5.32 Å². The van der Waals surface area contributed by atoms with Crippen molar-refractivity contribution in [3.8, 4) is 0 Å². The number of benzene rings is 1. The summed E-state index contributed by atoms with van der Waals surface area (Å²) >= 11 is 0. The number of ether oxygens (including phenoxy) is 3. The molecule has 5 fully saturated rings. The Kier molecular flexibility index (Phi) is 3.98. The van der Waals surface area contributed by atoms with Crippen LogP contribution in [0.4, 0.5) is 4.79 Å². The third-order valence-electron chi connectivity index (χ3n) is 7.01. The maximum absolute atomic E-state index is 12.2. The number of carbonyl (C=O) groups is 1. The van der Waals surface area contributed by atoms with Gasteiger partial charge in [0.15, 0.2) is 5.79 Å². The number of rotatable bonds is 4. The van der Waals surface area contributed by atoms with Crippen LogP contribution in [0.3, 0.4) is 0 Å². The van der Waals surface area contributed by atoms with Crippen molar-refractivity contribution in [3.05, 3.63) is 35.9 Å². The Hall–Kier alpha value is -1.59. The Labute approximate surface area is 154 Å². The highest BCUT2D eigenvalue weighted by atomic mass is 16.7. The molecule has 26 heavy (non-hydrogen) atoms. The van der Waals surface area contributed by atoms with Gasteiger partial charge in [0.1, 0.15) is 6.61 Å².